The number of methoxy groups -OCH3 is 1. The molecule has 6 rings (SSSR count). The van der Waals surface area contributed by atoms with Crippen molar-refractivity contribution in [3.63, 3.8) is 0 Å². The van der Waals surface area contributed by atoms with Crippen molar-refractivity contribution in [1.29, 1.82) is 0 Å². The topological polar surface area (TPSA) is 46.9 Å². The van der Waals surface area contributed by atoms with Crippen LogP contribution < -0.4 is 9.47 Å². The van der Waals surface area contributed by atoms with E-state index in [0.717, 1.165) is 61.5 Å². The highest BCUT2D eigenvalue weighted by molar-refractivity contribution is 5.87. The summed E-state index contributed by atoms with van der Waals surface area (Å²) >= 11 is 0. The third kappa shape index (κ3) is 7.07. The van der Waals surface area contributed by atoms with Gasteiger partial charge in [0.25, 0.3) is 0 Å². The molecule has 1 fully saturated rings. The number of aromatic nitrogens is 1. The Morgan fingerprint density at radius 3 is 2.29 bits per heavy atom. The van der Waals surface area contributed by atoms with Crippen LogP contribution in [-0.2, 0) is 17.9 Å². The van der Waals surface area contributed by atoms with Crippen LogP contribution in [0.1, 0.15) is 47.1 Å². The van der Waals surface area contributed by atoms with Crippen LogP contribution in [0.25, 0.3) is 10.9 Å². The van der Waals surface area contributed by atoms with Crippen LogP contribution in [0.2, 0.25) is 0 Å². The van der Waals surface area contributed by atoms with Gasteiger partial charge in [0.1, 0.15) is 6.61 Å². The van der Waals surface area contributed by atoms with Gasteiger partial charge in [0, 0.05) is 62.2 Å². The standard InChI is InChI=1S/C39H43N3O3/c1-4-40-20-22-41(23-21-40)39(43)25-34(32-18-19-37(44-3)38(24-32)45-28-31-10-6-5-7-11-31)35-27-42(36-13-9-8-12-33(35)36)26-30-16-14-29(2)15-17-30/h5-19,24,27,34H,4,20-23,25-26,28H2,1-3H3. The van der Waals surface area contributed by atoms with Gasteiger partial charge in [-0.15, -0.1) is 0 Å². The molecule has 0 spiro atoms. The van der Waals surface area contributed by atoms with Crippen molar-refractivity contribution >= 4 is 16.8 Å². The van der Waals surface area contributed by atoms with Gasteiger partial charge in [-0.05, 0) is 53.9 Å². The SMILES string of the molecule is CCN1CCN(C(=O)CC(c2ccc(OC)c(OCc3ccccc3)c2)c2cn(Cc3ccc(C)cc3)c3ccccc23)CC1. The number of aryl methyl sites for hydroxylation is 1. The van der Waals surface area contributed by atoms with E-state index in [9.17, 15) is 4.79 Å². The summed E-state index contributed by atoms with van der Waals surface area (Å²) in [5.74, 6) is 1.39. The molecule has 45 heavy (non-hydrogen) atoms. The molecule has 2 heterocycles. The molecule has 1 saturated heterocycles. The van der Waals surface area contributed by atoms with Crippen LogP contribution in [0, 0.1) is 6.92 Å². The molecule has 0 radical (unpaired) electrons. The second kappa shape index (κ2) is 14.0. The Balaban J connectivity index is 1.38. The van der Waals surface area contributed by atoms with Crippen molar-refractivity contribution in [3.8, 4) is 11.5 Å². The zero-order valence-electron chi connectivity index (χ0n) is 26.6. The summed E-state index contributed by atoms with van der Waals surface area (Å²) in [6, 6.07) is 33.5. The van der Waals surface area contributed by atoms with Crippen molar-refractivity contribution in [2.75, 3.05) is 39.8 Å². The predicted molar refractivity (Wildman–Crippen MR) is 181 cm³/mol. The number of likely N-dealkylation sites (N-methyl/N-ethyl adjacent to an activating group) is 1. The van der Waals surface area contributed by atoms with E-state index in [1.54, 1.807) is 7.11 Å². The molecule has 1 unspecified atom stereocenters. The van der Waals surface area contributed by atoms with Gasteiger partial charge in [-0.3, -0.25) is 4.79 Å². The molecular weight excluding hydrogens is 558 g/mol. The fourth-order valence-electron chi connectivity index (χ4n) is 6.36. The number of fused-ring (bicyclic) bond motifs is 1. The smallest absolute Gasteiger partial charge is 0.223 e. The lowest BCUT2D eigenvalue weighted by Crippen LogP contribution is -2.48. The summed E-state index contributed by atoms with van der Waals surface area (Å²) in [5.41, 5.74) is 6.93. The lowest BCUT2D eigenvalue weighted by molar-refractivity contribution is -0.133. The summed E-state index contributed by atoms with van der Waals surface area (Å²) in [6.07, 6.45) is 2.64. The number of ether oxygens (including phenoxy) is 2. The number of hydrogen-bond acceptors (Lipinski definition) is 4. The Bertz CT molecular complexity index is 1720. The van der Waals surface area contributed by atoms with E-state index in [-0.39, 0.29) is 11.8 Å². The van der Waals surface area contributed by atoms with Gasteiger partial charge in [0.05, 0.1) is 7.11 Å². The first kappa shape index (κ1) is 30.5. The highest BCUT2D eigenvalue weighted by Crippen LogP contribution is 2.39. The minimum atomic E-state index is -0.157. The average Bonchev–Trinajstić information content (AvgIpc) is 3.45. The van der Waals surface area contributed by atoms with Crippen molar-refractivity contribution in [1.82, 2.24) is 14.4 Å². The van der Waals surface area contributed by atoms with E-state index in [1.807, 2.05) is 29.2 Å². The number of amides is 1. The van der Waals surface area contributed by atoms with Crippen LogP contribution in [0.3, 0.4) is 0 Å². The van der Waals surface area contributed by atoms with E-state index < -0.39 is 0 Å². The van der Waals surface area contributed by atoms with Gasteiger partial charge in [-0.25, -0.2) is 0 Å². The van der Waals surface area contributed by atoms with Gasteiger partial charge < -0.3 is 23.8 Å². The molecule has 4 aromatic carbocycles. The maximum atomic E-state index is 14.0. The normalized spacial score (nSPS) is 14.4. The second-order valence-electron chi connectivity index (χ2n) is 12.0. The number of benzene rings is 4. The fraction of sp³-hybridized carbons (Fsp3) is 0.308. The number of rotatable bonds is 11. The lowest BCUT2D eigenvalue weighted by Gasteiger charge is -2.35. The Labute approximate surface area is 266 Å². The predicted octanol–water partition coefficient (Wildman–Crippen LogP) is 7.27. The Kier molecular flexibility index (Phi) is 9.51. The highest BCUT2D eigenvalue weighted by atomic mass is 16.5. The summed E-state index contributed by atoms with van der Waals surface area (Å²) in [6.45, 7) is 9.88. The first-order valence-electron chi connectivity index (χ1n) is 16.0. The number of carbonyl (C=O) groups is 1. The Morgan fingerprint density at radius 2 is 1.56 bits per heavy atom. The number of piperazine rings is 1. The molecule has 1 amide bonds. The summed E-state index contributed by atoms with van der Waals surface area (Å²) in [4.78, 5) is 18.4. The largest absolute Gasteiger partial charge is 0.493 e. The Hall–Kier alpha value is -4.55. The fourth-order valence-corrected chi connectivity index (χ4v) is 6.36. The summed E-state index contributed by atoms with van der Waals surface area (Å²) in [7, 11) is 1.67. The molecule has 1 aromatic heterocycles. The van der Waals surface area contributed by atoms with E-state index in [1.165, 1.54) is 16.5 Å². The summed E-state index contributed by atoms with van der Waals surface area (Å²) < 4.78 is 14.4. The van der Waals surface area contributed by atoms with E-state index in [2.05, 4.69) is 102 Å². The number of para-hydroxylation sites is 1. The lowest BCUT2D eigenvalue weighted by atomic mass is 9.87. The highest BCUT2D eigenvalue weighted by Gasteiger charge is 2.28. The zero-order chi connectivity index (χ0) is 31.2. The van der Waals surface area contributed by atoms with Crippen molar-refractivity contribution < 1.29 is 14.3 Å². The van der Waals surface area contributed by atoms with Crippen LogP contribution >= 0.6 is 0 Å². The Morgan fingerprint density at radius 1 is 0.822 bits per heavy atom. The molecule has 0 bridgehead atoms. The minimum Gasteiger partial charge on any atom is -0.493 e. The molecule has 1 aliphatic heterocycles. The van der Waals surface area contributed by atoms with E-state index in [4.69, 9.17) is 9.47 Å². The molecule has 6 heteroatoms. The first-order chi connectivity index (χ1) is 22.0. The van der Waals surface area contributed by atoms with E-state index in [0.29, 0.717) is 24.5 Å². The molecule has 0 N–H and O–H groups in total. The van der Waals surface area contributed by atoms with Gasteiger partial charge in [0.15, 0.2) is 11.5 Å². The first-order valence-corrected chi connectivity index (χ1v) is 16.0. The zero-order valence-corrected chi connectivity index (χ0v) is 26.6. The van der Waals surface area contributed by atoms with E-state index >= 15 is 0 Å². The third-order valence-corrected chi connectivity index (χ3v) is 9.05. The minimum absolute atomic E-state index is 0.157. The van der Waals surface area contributed by atoms with Crippen LogP contribution in [-0.4, -0.2) is 60.1 Å². The molecule has 6 nitrogen and oxygen atoms in total. The second-order valence-corrected chi connectivity index (χ2v) is 12.0. The van der Waals surface area contributed by atoms with Gasteiger partial charge >= 0.3 is 0 Å². The van der Waals surface area contributed by atoms with Crippen LogP contribution in [0.4, 0.5) is 0 Å². The van der Waals surface area contributed by atoms with Crippen LogP contribution in [0.5, 0.6) is 11.5 Å². The van der Waals surface area contributed by atoms with Gasteiger partial charge in [-0.2, -0.15) is 0 Å². The molecule has 1 aliphatic rings. The van der Waals surface area contributed by atoms with Gasteiger partial charge in [0.2, 0.25) is 5.91 Å². The molecule has 0 saturated carbocycles. The number of nitrogens with zero attached hydrogens (tertiary/aromatic N) is 3. The van der Waals surface area contributed by atoms with Crippen molar-refractivity contribution in [2.24, 2.45) is 0 Å². The van der Waals surface area contributed by atoms with Crippen molar-refractivity contribution in [3.05, 3.63) is 131 Å². The maximum absolute atomic E-state index is 14.0. The summed E-state index contributed by atoms with van der Waals surface area (Å²) in [5, 5.41) is 1.17. The number of hydrogen-bond donors (Lipinski definition) is 0. The average molecular weight is 602 g/mol. The van der Waals surface area contributed by atoms with Crippen LogP contribution in [0.15, 0.2) is 103 Å². The molecule has 232 valence electrons. The number of carbonyl (C=O) groups excluding carboxylic acids is 1. The maximum Gasteiger partial charge on any atom is 0.223 e. The monoisotopic (exact) mass is 601 g/mol. The van der Waals surface area contributed by atoms with Crippen molar-refractivity contribution in [2.45, 2.75) is 39.3 Å². The molecule has 5 aromatic rings. The molecule has 0 aliphatic carbocycles. The molecule has 1 atom stereocenters. The van der Waals surface area contributed by atoms with Gasteiger partial charge in [-0.1, -0.05) is 91.3 Å². The third-order valence-electron chi connectivity index (χ3n) is 9.05. The quantitative estimate of drug-likeness (QED) is 0.160. The molecular formula is C39H43N3O3.